The summed E-state index contributed by atoms with van der Waals surface area (Å²) in [6, 6.07) is 20.6. The zero-order valence-electron chi connectivity index (χ0n) is 12.7. The Kier molecular flexibility index (Phi) is 2.42. The molecule has 0 spiro atoms. The summed E-state index contributed by atoms with van der Waals surface area (Å²) in [5.41, 5.74) is 4.04. The topological polar surface area (TPSA) is 30.4 Å². The number of hydrogen-bond donors (Lipinski definition) is 0. The maximum absolute atomic E-state index is 5.87. The minimum atomic E-state index is 0.808. The molecule has 0 unspecified atom stereocenters. The molecule has 0 atom stereocenters. The largest absolute Gasteiger partial charge is 0.460 e. The van der Waals surface area contributed by atoms with Crippen LogP contribution in [0.4, 0.5) is 0 Å². The lowest BCUT2D eigenvalue weighted by Crippen LogP contribution is -1.93. The number of furan rings is 1. The average Bonchev–Trinajstić information content (AvgIpc) is 3.18. The molecule has 3 heteroatoms. The summed E-state index contributed by atoms with van der Waals surface area (Å²) in [7, 11) is 0. The summed E-state index contributed by atoms with van der Waals surface area (Å²) in [5, 5.41) is 2.39. The zero-order valence-corrected chi connectivity index (χ0v) is 12.7. The van der Waals surface area contributed by atoms with Crippen molar-refractivity contribution in [1.82, 2.24) is 9.38 Å². The molecule has 0 aliphatic carbocycles. The van der Waals surface area contributed by atoms with Crippen LogP contribution in [0.5, 0.6) is 0 Å². The molecule has 0 amide bonds. The summed E-state index contributed by atoms with van der Waals surface area (Å²) in [6.45, 7) is 1.96. The summed E-state index contributed by atoms with van der Waals surface area (Å²) < 4.78 is 8.09. The van der Waals surface area contributed by atoms with Crippen molar-refractivity contribution in [3.8, 4) is 11.5 Å². The molecule has 23 heavy (non-hydrogen) atoms. The number of nitrogens with zero attached hydrogens (tertiary/aromatic N) is 2. The van der Waals surface area contributed by atoms with E-state index in [1.807, 2.05) is 37.3 Å². The molecular formula is C20H14N2O. The predicted molar refractivity (Wildman–Crippen MR) is 92.6 cm³/mol. The van der Waals surface area contributed by atoms with Crippen LogP contribution in [0.25, 0.3) is 38.8 Å². The first-order valence-electron chi connectivity index (χ1n) is 7.66. The molecule has 5 aromatic rings. The molecule has 0 radical (unpaired) electrons. The second-order valence-corrected chi connectivity index (χ2v) is 5.79. The van der Waals surface area contributed by atoms with E-state index in [0.29, 0.717) is 0 Å². The van der Waals surface area contributed by atoms with Crippen molar-refractivity contribution >= 4 is 27.3 Å². The van der Waals surface area contributed by atoms with Gasteiger partial charge in [-0.15, -0.1) is 0 Å². The van der Waals surface area contributed by atoms with Crippen LogP contribution in [0, 0.1) is 6.92 Å². The standard InChI is InChI=1S/C20H14N2O/c1-13-10-11-18(23-13)19-20-15-7-3-2-6-14(15)12-22(20)17-9-5-4-8-16(17)21-19/h2-12H,1H3. The number of benzene rings is 2. The van der Waals surface area contributed by atoms with Gasteiger partial charge in [0.1, 0.15) is 11.5 Å². The molecule has 110 valence electrons. The molecule has 0 N–H and O–H groups in total. The van der Waals surface area contributed by atoms with Gasteiger partial charge in [0.25, 0.3) is 0 Å². The van der Waals surface area contributed by atoms with Gasteiger partial charge in [-0.25, -0.2) is 4.98 Å². The van der Waals surface area contributed by atoms with Crippen LogP contribution in [0.2, 0.25) is 0 Å². The van der Waals surface area contributed by atoms with Crippen LogP contribution in [-0.2, 0) is 0 Å². The third kappa shape index (κ3) is 1.73. The van der Waals surface area contributed by atoms with E-state index in [2.05, 4.69) is 40.9 Å². The van der Waals surface area contributed by atoms with Crippen molar-refractivity contribution in [1.29, 1.82) is 0 Å². The Morgan fingerprint density at radius 2 is 1.74 bits per heavy atom. The molecule has 0 fully saturated rings. The number of para-hydroxylation sites is 2. The molecule has 0 saturated heterocycles. The minimum Gasteiger partial charge on any atom is -0.460 e. The van der Waals surface area contributed by atoms with Crippen molar-refractivity contribution in [3.05, 3.63) is 72.6 Å². The number of hydrogen-bond acceptors (Lipinski definition) is 2. The maximum Gasteiger partial charge on any atom is 0.154 e. The molecule has 0 bridgehead atoms. The lowest BCUT2D eigenvalue weighted by Gasteiger charge is -2.07. The first-order chi connectivity index (χ1) is 11.3. The number of rotatable bonds is 1. The number of aryl methyl sites for hydroxylation is 1. The van der Waals surface area contributed by atoms with Gasteiger partial charge in [-0.2, -0.15) is 0 Å². The third-order valence-corrected chi connectivity index (χ3v) is 4.30. The molecule has 5 rings (SSSR count). The van der Waals surface area contributed by atoms with Gasteiger partial charge in [0, 0.05) is 17.0 Å². The Hall–Kier alpha value is -3.07. The summed E-state index contributed by atoms with van der Waals surface area (Å²) >= 11 is 0. The van der Waals surface area contributed by atoms with Gasteiger partial charge < -0.3 is 8.82 Å². The third-order valence-electron chi connectivity index (χ3n) is 4.30. The first-order valence-corrected chi connectivity index (χ1v) is 7.66. The molecule has 3 nitrogen and oxygen atoms in total. The van der Waals surface area contributed by atoms with E-state index < -0.39 is 0 Å². The number of fused-ring (bicyclic) bond motifs is 5. The molecule has 2 aromatic carbocycles. The van der Waals surface area contributed by atoms with Crippen molar-refractivity contribution in [2.24, 2.45) is 0 Å². The van der Waals surface area contributed by atoms with Gasteiger partial charge in [0.15, 0.2) is 5.76 Å². The first kappa shape index (κ1) is 12.5. The van der Waals surface area contributed by atoms with E-state index >= 15 is 0 Å². The smallest absolute Gasteiger partial charge is 0.154 e. The Morgan fingerprint density at radius 1 is 0.913 bits per heavy atom. The Morgan fingerprint density at radius 3 is 2.61 bits per heavy atom. The van der Waals surface area contributed by atoms with Crippen LogP contribution in [0.3, 0.4) is 0 Å². The van der Waals surface area contributed by atoms with Gasteiger partial charge in [0.05, 0.1) is 16.6 Å². The highest BCUT2D eigenvalue weighted by Crippen LogP contribution is 2.33. The quantitative estimate of drug-likeness (QED) is 0.425. The highest BCUT2D eigenvalue weighted by atomic mass is 16.3. The predicted octanol–water partition coefficient (Wildman–Crippen LogP) is 5.21. The van der Waals surface area contributed by atoms with Gasteiger partial charge >= 0.3 is 0 Å². The van der Waals surface area contributed by atoms with Crippen LogP contribution >= 0.6 is 0 Å². The Balaban J connectivity index is 2.05. The molecule has 0 saturated carbocycles. The lowest BCUT2D eigenvalue weighted by atomic mass is 10.1. The van der Waals surface area contributed by atoms with Gasteiger partial charge in [-0.05, 0) is 31.2 Å². The highest BCUT2D eigenvalue weighted by molar-refractivity contribution is 6.05. The second kappa shape index (κ2) is 4.46. The van der Waals surface area contributed by atoms with E-state index in [1.54, 1.807) is 0 Å². The van der Waals surface area contributed by atoms with Crippen LogP contribution < -0.4 is 0 Å². The van der Waals surface area contributed by atoms with E-state index in [1.165, 1.54) is 10.8 Å². The van der Waals surface area contributed by atoms with Crippen molar-refractivity contribution in [3.63, 3.8) is 0 Å². The van der Waals surface area contributed by atoms with E-state index in [4.69, 9.17) is 9.40 Å². The van der Waals surface area contributed by atoms with Crippen LogP contribution in [0.1, 0.15) is 5.76 Å². The number of aromatic nitrogens is 2. The van der Waals surface area contributed by atoms with Crippen molar-refractivity contribution < 1.29 is 4.42 Å². The molecule has 0 aliphatic heterocycles. The molecule has 0 aliphatic rings. The fourth-order valence-electron chi connectivity index (χ4n) is 3.26. The fraction of sp³-hybridized carbons (Fsp3) is 0.0500. The summed E-state index contributed by atoms with van der Waals surface area (Å²) in [6.07, 6.45) is 2.17. The van der Waals surface area contributed by atoms with Crippen molar-refractivity contribution in [2.75, 3.05) is 0 Å². The summed E-state index contributed by atoms with van der Waals surface area (Å²) in [4.78, 5) is 4.89. The van der Waals surface area contributed by atoms with E-state index in [9.17, 15) is 0 Å². The molecular weight excluding hydrogens is 284 g/mol. The van der Waals surface area contributed by atoms with Gasteiger partial charge in [-0.1, -0.05) is 36.4 Å². The Bertz CT molecular complexity index is 1180. The molecule has 3 heterocycles. The maximum atomic E-state index is 5.87. The van der Waals surface area contributed by atoms with Gasteiger partial charge in [-0.3, -0.25) is 0 Å². The van der Waals surface area contributed by atoms with Crippen LogP contribution in [0.15, 0.2) is 71.3 Å². The van der Waals surface area contributed by atoms with Crippen molar-refractivity contribution in [2.45, 2.75) is 6.92 Å². The highest BCUT2D eigenvalue weighted by Gasteiger charge is 2.16. The summed E-state index contributed by atoms with van der Waals surface area (Å²) in [5.74, 6) is 1.70. The SMILES string of the molecule is Cc1ccc(-c2nc3ccccc3n3cc4ccccc4c23)o1. The Labute approximate surface area is 132 Å². The minimum absolute atomic E-state index is 0.808. The monoisotopic (exact) mass is 298 g/mol. The second-order valence-electron chi connectivity index (χ2n) is 5.79. The van der Waals surface area contributed by atoms with Gasteiger partial charge in [0.2, 0.25) is 0 Å². The fourth-order valence-corrected chi connectivity index (χ4v) is 3.26. The van der Waals surface area contributed by atoms with Crippen LogP contribution in [-0.4, -0.2) is 9.38 Å². The lowest BCUT2D eigenvalue weighted by molar-refractivity contribution is 0.547. The average molecular weight is 298 g/mol. The molecule has 3 aromatic heterocycles. The normalized spacial score (nSPS) is 11.7. The zero-order chi connectivity index (χ0) is 15.4. The van der Waals surface area contributed by atoms with E-state index in [-0.39, 0.29) is 0 Å². The van der Waals surface area contributed by atoms with E-state index in [0.717, 1.165) is 33.8 Å².